The van der Waals surface area contributed by atoms with Crippen molar-refractivity contribution in [2.75, 3.05) is 5.88 Å². The predicted octanol–water partition coefficient (Wildman–Crippen LogP) is 4.13. The second-order valence-electron chi connectivity index (χ2n) is 4.44. The molecule has 2 aromatic carbocycles. The van der Waals surface area contributed by atoms with E-state index in [9.17, 15) is 9.18 Å². The first-order chi connectivity index (χ1) is 9.61. The van der Waals surface area contributed by atoms with Crippen LogP contribution in [0.1, 0.15) is 21.5 Å². The minimum absolute atomic E-state index is 0.0678. The summed E-state index contributed by atoms with van der Waals surface area (Å²) < 4.78 is 19.1. The van der Waals surface area contributed by atoms with Gasteiger partial charge in [-0.05, 0) is 25.1 Å². The fourth-order valence-corrected chi connectivity index (χ4v) is 1.97. The van der Waals surface area contributed by atoms with E-state index in [1.807, 2.05) is 13.0 Å². The summed E-state index contributed by atoms with van der Waals surface area (Å²) in [5, 5.41) is 0. The number of carbonyl (C=O) groups is 1. The molecule has 0 amide bonds. The summed E-state index contributed by atoms with van der Waals surface area (Å²) in [6.45, 7) is 1.95. The number of hydrogen-bond donors (Lipinski definition) is 0. The zero-order valence-corrected chi connectivity index (χ0v) is 11.8. The second-order valence-corrected chi connectivity index (χ2v) is 4.70. The summed E-state index contributed by atoms with van der Waals surface area (Å²) >= 11 is 5.59. The van der Waals surface area contributed by atoms with Crippen LogP contribution in [0.3, 0.4) is 0 Å². The number of benzene rings is 2. The third-order valence-corrected chi connectivity index (χ3v) is 3.14. The topological polar surface area (TPSA) is 26.3 Å². The van der Waals surface area contributed by atoms with Gasteiger partial charge in [0.05, 0.1) is 11.4 Å². The van der Waals surface area contributed by atoms with Crippen LogP contribution < -0.4 is 4.74 Å². The average molecular weight is 293 g/mol. The summed E-state index contributed by atoms with van der Waals surface area (Å²) in [6.07, 6.45) is 0. The van der Waals surface area contributed by atoms with E-state index in [1.165, 1.54) is 6.07 Å². The number of aryl methyl sites for hydroxylation is 1. The van der Waals surface area contributed by atoms with Crippen molar-refractivity contribution in [3.05, 3.63) is 65.0 Å². The van der Waals surface area contributed by atoms with Gasteiger partial charge < -0.3 is 4.74 Å². The van der Waals surface area contributed by atoms with E-state index >= 15 is 0 Å². The molecule has 0 saturated carbocycles. The molecule has 0 aliphatic rings. The molecule has 0 atom stereocenters. The zero-order chi connectivity index (χ0) is 14.5. The Hall–Kier alpha value is -1.87. The Labute approximate surface area is 122 Å². The van der Waals surface area contributed by atoms with Crippen molar-refractivity contribution < 1.29 is 13.9 Å². The van der Waals surface area contributed by atoms with Gasteiger partial charge in [0.1, 0.15) is 18.2 Å². The fourth-order valence-electron chi connectivity index (χ4n) is 1.83. The quantitative estimate of drug-likeness (QED) is 0.612. The van der Waals surface area contributed by atoms with E-state index < -0.39 is 0 Å². The molecule has 0 spiro atoms. The fraction of sp³-hybridized carbons (Fsp3) is 0.188. The molecular weight excluding hydrogens is 279 g/mol. The van der Waals surface area contributed by atoms with Gasteiger partial charge in [-0.1, -0.05) is 29.8 Å². The number of rotatable bonds is 5. The van der Waals surface area contributed by atoms with E-state index in [4.69, 9.17) is 16.3 Å². The summed E-state index contributed by atoms with van der Waals surface area (Å²) in [5.41, 5.74) is 1.81. The molecule has 4 heteroatoms. The van der Waals surface area contributed by atoms with Crippen molar-refractivity contribution in [3.63, 3.8) is 0 Å². The van der Waals surface area contributed by atoms with E-state index in [0.29, 0.717) is 16.9 Å². The standard InChI is InChI=1S/C16H14ClFO2/c1-11-6-7-16(13(8-11)15(19)9-17)20-10-12-4-2-3-5-14(12)18/h2-8H,9-10H2,1H3. The largest absolute Gasteiger partial charge is 0.488 e. The Bertz CT molecular complexity index is 626. The molecule has 0 N–H and O–H groups in total. The minimum Gasteiger partial charge on any atom is -0.488 e. The maximum Gasteiger partial charge on any atom is 0.181 e. The van der Waals surface area contributed by atoms with Gasteiger partial charge in [0.15, 0.2) is 5.78 Å². The minimum atomic E-state index is -0.329. The lowest BCUT2D eigenvalue weighted by Gasteiger charge is -2.11. The van der Waals surface area contributed by atoms with Crippen LogP contribution in [0.25, 0.3) is 0 Å². The lowest BCUT2D eigenvalue weighted by molar-refractivity contribution is 0.101. The van der Waals surface area contributed by atoms with Crippen molar-refractivity contribution >= 4 is 17.4 Å². The van der Waals surface area contributed by atoms with Gasteiger partial charge in [0, 0.05) is 5.56 Å². The molecule has 0 bridgehead atoms. The lowest BCUT2D eigenvalue weighted by Crippen LogP contribution is -2.06. The number of ketones is 1. The van der Waals surface area contributed by atoms with E-state index in [0.717, 1.165) is 5.56 Å². The third kappa shape index (κ3) is 3.36. The SMILES string of the molecule is Cc1ccc(OCc2ccccc2F)c(C(=O)CCl)c1. The van der Waals surface area contributed by atoms with Gasteiger partial charge in [-0.25, -0.2) is 4.39 Å². The van der Waals surface area contributed by atoms with Crippen LogP contribution in [0.4, 0.5) is 4.39 Å². The number of ether oxygens (including phenoxy) is 1. The highest BCUT2D eigenvalue weighted by atomic mass is 35.5. The number of alkyl halides is 1. The first-order valence-electron chi connectivity index (χ1n) is 6.18. The maximum absolute atomic E-state index is 13.5. The van der Waals surface area contributed by atoms with Crippen LogP contribution in [-0.2, 0) is 6.61 Å². The second kappa shape index (κ2) is 6.53. The molecule has 0 unspecified atom stereocenters. The monoisotopic (exact) mass is 292 g/mol. The van der Waals surface area contributed by atoms with E-state index in [1.54, 1.807) is 30.3 Å². The van der Waals surface area contributed by atoms with Crippen LogP contribution >= 0.6 is 11.6 Å². The molecule has 0 fully saturated rings. The first-order valence-corrected chi connectivity index (χ1v) is 6.71. The van der Waals surface area contributed by atoms with E-state index in [-0.39, 0.29) is 24.1 Å². The molecule has 104 valence electrons. The highest BCUT2D eigenvalue weighted by molar-refractivity contribution is 6.30. The summed E-state index contributed by atoms with van der Waals surface area (Å²) in [4.78, 5) is 11.8. The van der Waals surface area contributed by atoms with Gasteiger partial charge >= 0.3 is 0 Å². The van der Waals surface area contributed by atoms with Crippen LogP contribution in [0.2, 0.25) is 0 Å². The van der Waals surface area contributed by atoms with Crippen molar-refractivity contribution in [3.8, 4) is 5.75 Å². The Morgan fingerprint density at radius 3 is 2.70 bits per heavy atom. The highest BCUT2D eigenvalue weighted by Crippen LogP contribution is 2.22. The number of hydrogen-bond acceptors (Lipinski definition) is 2. The van der Waals surface area contributed by atoms with Gasteiger partial charge in [-0.3, -0.25) is 4.79 Å². The molecule has 0 radical (unpaired) electrons. The molecule has 2 aromatic rings. The van der Waals surface area contributed by atoms with Crippen LogP contribution in [-0.4, -0.2) is 11.7 Å². The van der Waals surface area contributed by atoms with E-state index in [2.05, 4.69) is 0 Å². The third-order valence-electron chi connectivity index (χ3n) is 2.90. The molecule has 0 aliphatic heterocycles. The zero-order valence-electron chi connectivity index (χ0n) is 11.0. The van der Waals surface area contributed by atoms with Crippen LogP contribution in [0, 0.1) is 12.7 Å². The van der Waals surface area contributed by atoms with Crippen molar-refractivity contribution in [2.24, 2.45) is 0 Å². The normalized spacial score (nSPS) is 10.3. The predicted molar refractivity (Wildman–Crippen MR) is 77.0 cm³/mol. The molecule has 0 aromatic heterocycles. The van der Waals surface area contributed by atoms with Crippen molar-refractivity contribution in [1.82, 2.24) is 0 Å². The van der Waals surface area contributed by atoms with Crippen molar-refractivity contribution in [1.29, 1.82) is 0 Å². The first kappa shape index (κ1) is 14.5. The Morgan fingerprint density at radius 1 is 1.25 bits per heavy atom. The Morgan fingerprint density at radius 2 is 2.00 bits per heavy atom. The number of Topliss-reactive ketones (excluding diaryl/α,β-unsaturated/α-hetero) is 1. The molecule has 20 heavy (non-hydrogen) atoms. The van der Waals surface area contributed by atoms with Crippen LogP contribution in [0.5, 0.6) is 5.75 Å². The highest BCUT2D eigenvalue weighted by Gasteiger charge is 2.12. The van der Waals surface area contributed by atoms with Gasteiger partial charge in [-0.2, -0.15) is 0 Å². The van der Waals surface area contributed by atoms with Gasteiger partial charge in [0.2, 0.25) is 0 Å². The average Bonchev–Trinajstić information content (AvgIpc) is 2.46. The molecule has 0 heterocycles. The summed E-state index contributed by atoms with van der Waals surface area (Å²) in [6, 6.07) is 11.6. The molecule has 2 rings (SSSR count). The molecule has 0 aliphatic carbocycles. The number of halogens is 2. The molecular formula is C16H14ClFO2. The van der Waals surface area contributed by atoms with Crippen LogP contribution in [0.15, 0.2) is 42.5 Å². The maximum atomic E-state index is 13.5. The lowest BCUT2D eigenvalue weighted by atomic mass is 10.1. The van der Waals surface area contributed by atoms with Gasteiger partial charge in [-0.15, -0.1) is 11.6 Å². The Kier molecular flexibility index (Phi) is 4.74. The molecule has 0 saturated heterocycles. The summed E-state index contributed by atoms with van der Waals surface area (Å²) in [7, 11) is 0. The van der Waals surface area contributed by atoms with Gasteiger partial charge in [0.25, 0.3) is 0 Å². The smallest absolute Gasteiger partial charge is 0.181 e. The van der Waals surface area contributed by atoms with Crippen molar-refractivity contribution in [2.45, 2.75) is 13.5 Å². The number of carbonyl (C=O) groups excluding carboxylic acids is 1. The summed E-state index contributed by atoms with van der Waals surface area (Å²) in [5.74, 6) is -0.229. The molecule has 2 nitrogen and oxygen atoms in total. The Balaban J connectivity index is 2.21.